The Morgan fingerprint density at radius 3 is 2.61 bits per heavy atom. The van der Waals surface area contributed by atoms with Crippen LogP contribution in [0.4, 0.5) is 0 Å². The van der Waals surface area contributed by atoms with E-state index in [1.54, 1.807) is 11.3 Å². The van der Waals surface area contributed by atoms with Crippen LogP contribution < -0.4 is 5.32 Å². The summed E-state index contributed by atoms with van der Waals surface area (Å²) in [7, 11) is 0. The van der Waals surface area contributed by atoms with Crippen molar-refractivity contribution in [1.82, 2.24) is 14.7 Å². The molecule has 5 heteroatoms. The maximum atomic E-state index is 12.5. The number of thiazole rings is 1. The van der Waals surface area contributed by atoms with Gasteiger partial charge in [-0.25, -0.2) is 4.98 Å². The van der Waals surface area contributed by atoms with Crippen LogP contribution in [0.25, 0.3) is 4.96 Å². The molecule has 122 valence electrons. The standard InChI is InChI=1S/C18H23N3OS/c22-16(19-10-15-11-21-1-2-23-17(21)20-15)9-18-6-12-3-13(7-18)5-14(4-12)8-18/h1-2,11-14H,3-10H2,(H,19,22). The van der Waals surface area contributed by atoms with Crippen molar-refractivity contribution in [2.24, 2.45) is 23.2 Å². The van der Waals surface area contributed by atoms with Gasteiger partial charge in [-0.15, -0.1) is 11.3 Å². The number of amides is 1. The minimum atomic E-state index is 0.225. The Labute approximate surface area is 140 Å². The molecular weight excluding hydrogens is 306 g/mol. The Kier molecular flexibility index (Phi) is 3.09. The molecule has 6 rings (SSSR count). The van der Waals surface area contributed by atoms with Gasteiger partial charge in [0, 0.05) is 24.2 Å². The number of aromatic nitrogens is 2. The molecule has 2 aromatic rings. The summed E-state index contributed by atoms with van der Waals surface area (Å²) in [6.07, 6.45) is 13.0. The number of hydrogen-bond acceptors (Lipinski definition) is 3. The topological polar surface area (TPSA) is 46.4 Å². The normalized spacial score (nSPS) is 35.0. The van der Waals surface area contributed by atoms with E-state index in [0.717, 1.165) is 34.8 Å². The van der Waals surface area contributed by atoms with Crippen molar-refractivity contribution in [3.05, 3.63) is 23.5 Å². The number of rotatable bonds is 4. The predicted molar refractivity (Wildman–Crippen MR) is 90.1 cm³/mol. The van der Waals surface area contributed by atoms with Crippen LogP contribution in [0.15, 0.2) is 17.8 Å². The van der Waals surface area contributed by atoms with E-state index in [2.05, 4.69) is 10.3 Å². The van der Waals surface area contributed by atoms with Crippen molar-refractivity contribution in [3.63, 3.8) is 0 Å². The van der Waals surface area contributed by atoms with Crippen molar-refractivity contribution in [2.45, 2.75) is 51.5 Å². The summed E-state index contributed by atoms with van der Waals surface area (Å²) in [6.45, 7) is 0.555. The maximum absolute atomic E-state index is 12.5. The van der Waals surface area contributed by atoms with Gasteiger partial charge < -0.3 is 5.32 Å². The highest BCUT2D eigenvalue weighted by atomic mass is 32.1. The summed E-state index contributed by atoms with van der Waals surface area (Å²) in [6, 6.07) is 0. The third-order valence-corrected chi connectivity index (χ3v) is 7.08. The van der Waals surface area contributed by atoms with Crippen LogP contribution in [0.3, 0.4) is 0 Å². The van der Waals surface area contributed by atoms with E-state index < -0.39 is 0 Å². The van der Waals surface area contributed by atoms with Crippen LogP contribution in [0.2, 0.25) is 0 Å². The van der Waals surface area contributed by atoms with E-state index in [4.69, 9.17) is 0 Å². The van der Waals surface area contributed by atoms with Crippen LogP contribution in [-0.2, 0) is 11.3 Å². The van der Waals surface area contributed by atoms with E-state index in [-0.39, 0.29) is 5.91 Å². The Hall–Kier alpha value is -1.36. The molecule has 1 amide bonds. The molecule has 4 fully saturated rings. The summed E-state index contributed by atoms with van der Waals surface area (Å²) in [5.41, 5.74) is 1.28. The lowest BCUT2D eigenvalue weighted by Crippen LogP contribution is -2.47. The lowest BCUT2D eigenvalue weighted by atomic mass is 9.49. The minimum Gasteiger partial charge on any atom is -0.350 e. The molecule has 4 nitrogen and oxygen atoms in total. The van der Waals surface area contributed by atoms with E-state index in [1.165, 1.54) is 38.5 Å². The molecule has 0 spiro atoms. The van der Waals surface area contributed by atoms with E-state index in [9.17, 15) is 4.79 Å². The van der Waals surface area contributed by atoms with Gasteiger partial charge in [0.1, 0.15) is 0 Å². The zero-order valence-electron chi connectivity index (χ0n) is 13.3. The van der Waals surface area contributed by atoms with Crippen molar-refractivity contribution in [3.8, 4) is 0 Å². The molecule has 0 radical (unpaired) electrons. The van der Waals surface area contributed by atoms with Crippen molar-refractivity contribution in [1.29, 1.82) is 0 Å². The highest BCUT2D eigenvalue weighted by Crippen LogP contribution is 2.61. The van der Waals surface area contributed by atoms with Gasteiger partial charge in [0.25, 0.3) is 0 Å². The molecule has 4 bridgehead atoms. The fourth-order valence-corrected chi connectivity index (χ4v) is 6.68. The second kappa shape index (κ2) is 5.07. The fraction of sp³-hybridized carbons (Fsp3) is 0.667. The summed E-state index contributed by atoms with van der Waals surface area (Å²) in [5, 5.41) is 5.14. The second-order valence-corrected chi connectivity index (χ2v) is 9.07. The highest BCUT2D eigenvalue weighted by molar-refractivity contribution is 7.15. The van der Waals surface area contributed by atoms with Gasteiger partial charge in [-0.3, -0.25) is 9.20 Å². The highest BCUT2D eigenvalue weighted by Gasteiger charge is 2.51. The first-order valence-electron chi connectivity index (χ1n) is 8.85. The maximum Gasteiger partial charge on any atom is 0.220 e. The average molecular weight is 329 g/mol. The Bertz CT molecular complexity index is 683. The van der Waals surface area contributed by atoms with Crippen LogP contribution >= 0.6 is 11.3 Å². The third-order valence-electron chi connectivity index (χ3n) is 6.31. The van der Waals surface area contributed by atoms with Crippen molar-refractivity contribution in [2.75, 3.05) is 0 Å². The number of nitrogens with one attached hydrogen (secondary N) is 1. The second-order valence-electron chi connectivity index (χ2n) is 8.20. The molecule has 4 aliphatic carbocycles. The van der Waals surface area contributed by atoms with Crippen molar-refractivity contribution < 1.29 is 4.79 Å². The lowest BCUT2D eigenvalue weighted by molar-refractivity contribution is -0.129. The fourth-order valence-electron chi connectivity index (χ4n) is 5.96. The molecule has 4 aliphatic rings. The van der Waals surface area contributed by atoms with Gasteiger partial charge in [0.05, 0.1) is 12.2 Å². The SMILES string of the molecule is O=C(CC12CC3CC(CC(C3)C1)C2)NCc1cn2ccsc2n1. The molecule has 4 saturated carbocycles. The molecule has 0 aliphatic heterocycles. The van der Waals surface area contributed by atoms with Crippen LogP contribution in [0.1, 0.15) is 50.6 Å². The monoisotopic (exact) mass is 329 g/mol. The number of imidazole rings is 1. The average Bonchev–Trinajstić information content (AvgIpc) is 3.03. The number of nitrogens with zero attached hydrogens (tertiary/aromatic N) is 2. The first-order chi connectivity index (χ1) is 11.2. The van der Waals surface area contributed by atoms with Gasteiger partial charge in [-0.1, -0.05) is 0 Å². The number of hydrogen-bond donors (Lipinski definition) is 1. The molecule has 2 aromatic heterocycles. The molecule has 0 saturated heterocycles. The number of carbonyl (C=O) groups is 1. The molecule has 0 unspecified atom stereocenters. The van der Waals surface area contributed by atoms with Gasteiger partial charge in [-0.2, -0.15) is 0 Å². The van der Waals surface area contributed by atoms with Crippen LogP contribution in [-0.4, -0.2) is 15.3 Å². The van der Waals surface area contributed by atoms with Gasteiger partial charge >= 0.3 is 0 Å². The first kappa shape index (κ1) is 14.0. The van der Waals surface area contributed by atoms with Gasteiger partial charge in [-0.05, 0) is 61.7 Å². The third kappa shape index (κ3) is 2.49. The smallest absolute Gasteiger partial charge is 0.220 e. The Balaban J connectivity index is 1.22. The number of fused-ring (bicyclic) bond motifs is 1. The lowest BCUT2D eigenvalue weighted by Gasteiger charge is -2.56. The predicted octanol–water partition coefficient (Wildman–Crippen LogP) is 3.62. The Morgan fingerprint density at radius 2 is 1.96 bits per heavy atom. The molecule has 0 atom stereocenters. The zero-order valence-corrected chi connectivity index (χ0v) is 14.1. The van der Waals surface area contributed by atoms with Crippen molar-refractivity contribution >= 4 is 22.2 Å². The van der Waals surface area contributed by atoms with Crippen LogP contribution in [0.5, 0.6) is 0 Å². The first-order valence-corrected chi connectivity index (χ1v) is 9.73. The molecular formula is C18H23N3OS. The van der Waals surface area contributed by atoms with Crippen LogP contribution in [0, 0.1) is 23.2 Å². The largest absolute Gasteiger partial charge is 0.350 e. The summed E-state index contributed by atoms with van der Waals surface area (Å²) in [5.74, 6) is 2.96. The summed E-state index contributed by atoms with van der Waals surface area (Å²) < 4.78 is 2.02. The summed E-state index contributed by atoms with van der Waals surface area (Å²) in [4.78, 5) is 18.0. The molecule has 2 heterocycles. The van der Waals surface area contributed by atoms with Gasteiger partial charge in [0.15, 0.2) is 4.96 Å². The van der Waals surface area contributed by atoms with Gasteiger partial charge in [0.2, 0.25) is 5.91 Å². The summed E-state index contributed by atoms with van der Waals surface area (Å²) >= 11 is 1.63. The van der Waals surface area contributed by atoms with E-state index in [0.29, 0.717) is 12.0 Å². The van der Waals surface area contributed by atoms with E-state index in [1.807, 2.05) is 22.2 Å². The molecule has 23 heavy (non-hydrogen) atoms. The molecule has 0 aromatic carbocycles. The minimum absolute atomic E-state index is 0.225. The zero-order chi connectivity index (χ0) is 15.4. The van der Waals surface area contributed by atoms with E-state index >= 15 is 0 Å². The molecule has 1 N–H and O–H groups in total. The number of carbonyl (C=O) groups excluding carboxylic acids is 1. The quantitative estimate of drug-likeness (QED) is 0.931. The Morgan fingerprint density at radius 1 is 1.26 bits per heavy atom.